The number of fused-ring (bicyclic) bond motifs is 1. The van der Waals surface area contributed by atoms with Crippen molar-refractivity contribution in [2.75, 3.05) is 31.5 Å². The van der Waals surface area contributed by atoms with Crippen LogP contribution < -0.4 is 10.6 Å². The summed E-state index contributed by atoms with van der Waals surface area (Å²) in [5, 5.41) is 8.98. The van der Waals surface area contributed by atoms with Crippen molar-refractivity contribution in [3.63, 3.8) is 0 Å². The second-order valence-corrected chi connectivity index (χ2v) is 6.45. The molecule has 3 unspecified atom stereocenters. The molecule has 2 N–H and O–H groups in total. The highest BCUT2D eigenvalue weighted by molar-refractivity contribution is 7.13. The van der Waals surface area contributed by atoms with Gasteiger partial charge in [0, 0.05) is 18.0 Å². The molecule has 2 saturated heterocycles. The second kappa shape index (κ2) is 5.19. The van der Waals surface area contributed by atoms with E-state index >= 15 is 0 Å². The molecule has 104 valence electrons. The average Bonchev–Trinajstić information content (AvgIpc) is 3.01. The zero-order valence-corrected chi connectivity index (χ0v) is 12.2. The second-order valence-electron chi connectivity index (χ2n) is 5.59. The van der Waals surface area contributed by atoms with Crippen LogP contribution in [0.5, 0.6) is 0 Å². The van der Waals surface area contributed by atoms with Gasteiger partial charge in [-0.1, -0.05) is 0 Å². The molecule has 1 aromatic heterocycles. The van der Waals surface area contributed by atoms with Gasteiger partial charge in [-0.15, -0.1) is 11.3 Å². The van der Waals surface area contributed by atoms with E-state index in [4.69, 9.17) is 0 Å². The van der Waals surface area contributed by atoms with Crippen LogP contribution in [0, 0.1) is 18.8 Å². The van der Waals surface area contributed by atoms with Crippen LogP contribution in [0.3, 0.4) is 0 Å². The molecule has 0 aromatic carbocycles. The number of hydrogen-bond donors (Lipinski definition) is 2. The Morgan fingerprint density at radius 3 is 3.16 bits per heavy atom. The minimum Gasteiger partial charge on any atom is -0.316 e. The van der Waals surface area contributed by atoms with Gasteiger partial charge in [-0.05, 0) is 38.8 Å². The van der Waals surface area contributed by atoms with Gasteiger partial charge >= 0.3 is 0 Å². The van der Waals surface area contributed by atoms with Crippen molar-refractivity contribution in [1.82, 2.24) is 15.2 Å². The molecule has 2 aliphatic heterocycles. The number of thiazole rings is 1. The Bertz CT molecular complexity index is 475. The Morgan fingerprint density at radius 2 is 2.47 bits per heavy atom. The van der Waals surface area contributed by atoms with E-state index in [2.05, 4.69) is 27.4 Å². The zero-order chi connectivity index (χ0) is 13.4. The van der Waals surface area contributed by atoms with Gasteiger partial charge in [0.2, 0.25) is 5.91 Å². The third kappa shape index (κ3) is 2.66. The summed E-state index contributed by atoms with van der Waals surface area (Å²) in [5.74, 6) is 1.47. The third-order valence-corrected chi connectivity index (χ3v) is 5.14. The van der Waals surface area contributed by atoms with Crippen molar-refractivity contribution in [2.24, 2.45) is 11.8 Å². The van der Waals surface area contributed by atoms with E-state index in [9.17, 15) is 4.79 Å². The number of hydrogen-bond acceptors (Lipinski definition) is 5. The summed E-state index contributed by atoms with van der Waals surface area (Å²) in [5.41, 5.74) is 0.954. The number of rotatable bonds is 3. The third-order valence-electron chi connectivity index (χ3n) is 4.27. The summed E-state index contributed by atoms with van der Waals surface area (Å²) in [7, 11) is 0. The molecular weight excluding hydrogens is 260 g/mol. The number of carbonyl (C=O) groups is 1. The van der Waals surface area contributed by atoms with E-state index < -0.39 is 0 Å². The van der Waals surface area contributed by atoms with Crippen LogP contribution in [-0.2, 0) is 4.79 Å². The SMILES string of the molecule is Cc1csc(NC(=O)CN2CC3CNCC3C2C)n1. The molecule has 0 aliphatic carbocycles. The average molecular weight is 280 g/mol. The maximum absolute atomic E-state index is 12.0. The summed E-state index contributed by atoms with van der Waals surface area (Å²) >= 11 is 1.48. The number of anilines is 1. The molecule has 19 heavy (non-hydrogen) atoms. The van der Waals surface area contributed by atoms with Crippen LogP contribution in [0.2, 0.25) is 0 Å². The topological polar surface area (TPSA) is 57.3 Å². The molecule has 0 radical (unpaired) electrons. The molecule has 2 fully saturated rings. The van der Waals surface area contributed by atoms with Crippen molar-refractivity contribution in [3.8, 4) is 0 Å². The van der Waals surface area contributed by atoms with Crippen LogP contribution in [-0.4, -0.2) is 48.0 Å². The molecule has 0 spiro atoms. The van der Waals surface area contributed by atoms with Gasteiger partial charge in [0.15, 0.2) is 5.13 Å². The van der Waals surface area contributed by atoms with Gasteiger partial charge in [-0.2, -0.15) is 0 Å². The van der Waals surface area contributed by atoms with Gasteiger partial charge < -0.3 is 10.6 Å². The largest absolute Gasteiger partial charge is 0.316 e. The van der Waals surface area contributed by atoms with Crippen LogP contribution >= 0.6 is 11.3 Å². The molecule has 0 bridgehead atoms. The lowest BCUT2D eigenvalue weighted by Crippen LogP contribution is -2.38. The van der Waals surface area contributed by atoms with E-state index in [1.807, 2.05) is 12.3 Å². The fourth-order valence-corrected chi connectivity index (χ4v) is 3.92. The predicted octanol–water partition coefficient (Wildman–Crippen LogP) is 0.930. The summed E-state index contributed by atoms with van der Waals surface area (Å²) in [6.07, 6.45) is 0. The van der Waals surface area contributed by atoms with E-state index in [0.717, 1.165) is 25.3 Å². The highest BCUT2D eigenvalue weighted by atomic mass is 32.1. The minimum absolute atomic E-state index is 0.0501. The van der Waals surface area contributed by atoms with Crippen molar-refractivity contribution < 1.29 is 4.79 Å². The first-order valence-corrected chi connectivity index (χ1v) is 7.68. The molecule has 1 amide bonds. The summed E-state index contributed by atoms with van der Waals surface area (Å²) in [6.45, 7) is 7.87. The quantitative estimate of drug-likeness (QED) is 0.865. The maximum Gasteiger partial charge on any atom is 0.240 e. The van der Waals surface area contributed by atoms with E-state index in [-0.39, 0.29) is 5.91 Å². The lowest BCUT2D eigenvalue weighted by molar-refractivity contribution is -0.117. The zero-order valence-electron chi connectivity index (χ0n) is 11.3. The molecule has 3 heterocycles. The molecule has 0 saturated carbocycles. The van der Waals surface area contributed by atoms with E-state index in [0.29, 0.717) is 29.6 Å². The van der Waals surface area contributed by atoms with Crippen LogP contribution in [0.25, 0.3) is 0 Å². The Morgan fingerprint density at radius 1 is 1.63 bits per heavy atom. The number of carbonyl (C=O) groups excluding carboxylic acids is 1. The number of nitrogens with one attached hydrogen (secondary N) is 2. The smallest absolute Gasteiger partial charge is 0.240 e. The first-order valence-electron chi connectivity index (χ1n) is 6.80. The normalized spacial score (nSPS) is 30.5. The fraction of sp³-hybridized carbons (Fsp3) is 0.692. The molecule has 1 aromatic rings. The number of likely N-dealkylation sites (tertiary alicyclic amines) is 1. The van der Waals surface area contributed by atoms with Crippen LogP contribution in [0.15, 0.2) is 5.38 Å². The van der Waals surface area contributed by atoms with E-state index in [1.165, 1.54) is 11.3 Å². The van der Waals surface area contributed by atoms with Gasteiger partial charge in [0.05, 0.1) is 12.2 Å². The van der Waals surface area contributed by atoms with Crippen LogP contribution in [0.4, 0.5) is 5.13 Å². The molecule has 5 nitrogen and oxygen atoms in total. The number of aryl methyl sites for hydroxylation is 1. The fourth-order valence-electron chi connectivity index (χ4n) is 3.22. The standard InChI is InChI=1S/C13H20N4OS/c1-8-7-19-13(15-8)16-12(18)6-17-5-10-3-14-4-11(10)9(17)2/h7,9-11,14H,3-6H2,1-2H3,(H,15,16,18). The van der Waals surface area contributed by atoms with Gasteiger partial charge in [-0.25, -0.2) is 4.98 Å². The molecule has 3 rings (SSSR count). The molecule has 6 heteroatoms. The summed E-state index contributed by atoms with van der Waals surface area (Å²) < 4.78 is 0. The Kier molecular flexibility index (Phi) is 3.56. The molecule has 2 aliphatic rings. The Hall–Kier alpha value is -0.980. The Balaban J connectivity index is 1.55. The predicted molar refractivity (Wildman–Crippen MR) is 76.4 cm³/mol. The molecular formula is C13H20N4OS. The molecule has 3 atom stereocenters. The highest BCUT2D eigenvalue weighted by Crippen LogP contribution is 2.31. The van der Waals surface area contributed by atoms with Gasteiger partial charge in [-0.3, -0.25) is 9.69 Å². The van der Waals surface area contributed by atoms with Crippen molar-refractivity contribution in [2.45, 2.75) is 19.9 Å². The lowest BCUT2D eigenvalue weighted by atomic mass is 9.95. The van der Waals surface area contributed by atoms with E-state index in [1.54, 1.807) is 0 Å². The van der Waals surface area contributed by atoms with Crippen molar-refractivity contribution in [3.05, 3.63) is 11.1 Å². The number of nitrogens with zero attached hydrogens (tertiary/aromatic N) is 2. The number of aromatic nitrogens is 1. The first-order chi connectivity index (χ1) is 9.13. The summed E-state index contributed by atoms with van der Waals surface area (Å²) in [4.78, 5) is 18.6. The minimum atomic E-state index is 0.0501. The highest BCUT2D eigenvalue weighted by Gasteiger charge is 2.42. The van der Waals surface area contributed by atoms with Gasteiger partial charge in [0.25, 0.3) is 0 Å². The number of amides is 1. The first kappa shape index (κ1) is 13.0. The monoisotopic (exact) mass is 280 g/mol. The van der Waals surface area contributed by atoms with Crippen molar-refractivity contribution in [1.29, 1.82) is 0 Å². The maximum atomic E-state index is 12.0. The van der Waals surface area contributed by atoms with Gasteiger partial charge in [0.1, 0.15) is 0 Å². The lowest BCUT2D eigenvalue weighted by Gasteiger charge is -2.23. The van der Waals surface area contributed by atoms with Crippen LogP contribution in [0.1, 0.15) is 12.6 Å². The summed E-state index contributed by atoms with van der Waals surface area (Å²) in [6, 6.07) is 0.490. The van der Waals surface area contributed by atoms with Crippen molar-refractivity contribution >= 4 is 22.4 Å². The Labute approximate surface area is 117 Å².